The van der Waals surface area contributed by atoms with Gasteiger partial charge < -0.3 is 16.0 Å². The van der Waals surface area contributed by atoms with E-state index in [-0.39, 0.29) is 5.91 Å². The number of carbonyl (C=O) groups excluding carboxylic acids is 2. The number of para-hydroxylation sites is 2. The van der Waals surface area contributed by atoms with E-state index in [4.69, 9.17) is 10.7 Å². The van der Waals surface area contributed by atoms with Crippen LogP contribution in [-0.2, 0) is 10.2 Å². The van der Waals surface area contributed by atoms with Crippen LogP contribution in [0.3, 0.4) is 0 Å². The predicted octanol–water partition coefficient (Wildman–Crippen LogP) is 2.82. The molecule has 6 nitrogen and oxygen atoms in total. The lowest BCUT2D eigenvalue weighted by Crippen LogP contribution is -2.50. The highest BCUT2D eigenvalue weighted by atomic mass is 16.2. The zero-order valence-electron chi connectivity index (χ0n) is 15.3. The molecule has 1 saturated heterocycles. The Kier molecular flexibility index (Phi) is 3.62. The van der Waals surface area contributed by atoms with Crippen LogP contribution in [0.25, 0.3) is 10.9 Å². The van der Waals surface area contributed by atoms with Crippen LogP contribution in [0, 0.1) is 0 Å². The number of aromatic nitrogens is 1. The monoisotopic (exact) mass is 372 g/mol. The van der Waals surface area contributed by atoms with Crippen LogP contribution < -0.4 is 16.0 Å². The van der Waals surface area contributed by atoms with Crippen LogP contribution in [0.5, 0.6) is 0 Å². The van der Waals surface area contributed by atoms with Crippen LogP contribution in [0.2, 0.25) is 0 Å². The fourth-order valence-corrected chi connectivity index (χ4v) is 4.56. The summed E-state index contributed by atoms with van der Waals surface area (Å²) < 4.78 is 0. The largest absolute Gasteiger partial charge is 0.366 e. The molecule has 2 amide bonds. The molecule has 1 spiro atoms. The van der Waals surface area contributed by atoms with E-state index in [9.17, 15) is 9.59 Å². The molecule has 3 N–H and O–H groups in total. The van der Waals surface area contributed by atoms with Gasteiger partial charge in [0.15, 0.2) is 0 Å². The summed E-state index contributed by atoms with van der Waals surface area (Å²) in [6.07, 6.45) is 1.66. The van der Waals surface area contributed by atoms with Crippen LogP contribution in [0.4, 0.5) is 11.5 Å². The molecule has 1 fully saturated rings. The Morgan fingerprint density at radius 3 is 2.79 bits per heavy atom. The number of nitrogens with two attached hydrogens (primary N) is 1. The number of amides is 2. The van der Waals surface area contributed by atoms with Gasteiger partial charge in [0.2, 0.25) is 11.8 Å². The van der Waals surface area contributed by atoms with Crippen molar-refractivity contribution >= 4 is 34.2 Å². The molecule has 3 heterocycles. The molecule has 1 unspecified atom stereocenters. The fourth-order valence-electron chi connectivity index (χ4n) is 4.56. The van der Waals surface area contributed by atoms with Gasteiger partial charge in [-0.15, -0.1) is 0 Å². The summed E-state index contributed by atoms with van der Waals surface area (Å²) in [5.41, 5.74) is 8.15. The molecule has 140 valence electrons. The van der Waals surface area contributed by atoms with Crippen molar-refractivity contribution in [3.8, 4) is 0 Å². The lowest BCUT2D eigenvalue weighted by Gasteiger charge is -2.39. The first kappa shape index (κ1) is 16.7. The smallest absolute Gasteiger partial charge is 0.249 e. The Morgan fingerprint density at radius 1 is 1.14 bits per heavy atom. The number of piperidine rings is 1. The van der Waals surface area contributed by atoms with E-state index >= 15 is 0 Å². The van der Waals surface area contributed by atoms with E-state index in [2.05, 4.69) is 10.2 Å². The lowest BCUT2D eigenvalue weighted by atomic mass is 9.75. The van der Waals surface area contributed by atoms with Gasteiger partial charge in [-0.05, 0) is 36.6 Å². The zero-order chi connectivity index (χ0) is 19.3. The Hall–Kier alpha value is -3.41. The first-order valence-electron chi connectivity index (χ1n) is 9.44. The van der Waals surface area contributed by atoms with Gasteiger partial charge in [-0.2, -0.15) is 0 Å². The average molecular weight is 372 g/mol. The first-order valence-corrected chi connectivity index (χ1v) is 9.44. The predicted molar refractivity (Wildman–Crippen MR) is 108 cm³/mol. The summed E-state index contributed by atoms with van der Waals surface area (Å²) in [6.45, 7) is 1.31. The van der Waals surface area contributed by atoms with Crippen molar-refractivity contribution < 1.29 is 9.59 Å². The number of fused-ring (bicyclic) bond motifs is 3. The van der Waals surface area contributed by atoms with E-state index < -0.39 is 11.3 Å². The molecule has 1 aromatic heterocycles. The molecular weight excluding hydrogens is 352 g/mol. The number of pyridine rings is 1. The number of primary amides is 1. The number of hydrogen-bond donors (Lipinski definition) is 2. The van der Waals surface area contributed by atoms with Gasteiger partial charge in [-0.25, -0.2) is 4.98 Å². The Bertz CT molecular complexity index is 1130. The molecule has 2 aliphatic rings. The number of nitrogens with zero attached hydrogens (tertiary/aromatic N) is 2. The van der Waals surface area contributed by atoms with E-state index in [1.54, 1.807) is 6.07 Å². The van der Waals surface area contributed by atoms with Crippen LogP contribution in [0.1, 0.15) is 28.8 Å². The SMILES string of the molecule is NC(=O)c1cc(N2CCCC3(C2)C(=O)Nc2ccccc23)nc2ccccc12. The minimum absolute atomic E-state index is 0.0364. The number of anilines is 2. The summed E-state index contributed by atoms with van der Waals surface area (Å²) in [7, 11) is 0. The highest BCUT2D eigenvalue weighted by Crippen LogP contribution is 2.44. The topological polar surface area (TPSA) is 88.3 Å². The number of nitrogens with one attached hydrogen (secondary N) is 1. The molecule has 2 aromatic carbocycles. The summed E-state index contributed by atoms with van der Waals surface area (Å²) in [5.74, 6) is 0.244. The van der Waals surface area contributed by atoms with Gasteiger partial charge in [0.05, 0.1) is 16.5 Å². The van der Waals surface area contributed by atoms with Crippen molar-refractivity contribution in [3.05, 3.63) is 65.7 Å². The van der Waals surface area contributed by atoms with Crippen molar-refractivity contribution in [2.75, 3.05) is 23.3 Å². The molecule has 2 aliphatic heterocycles. The van der Waals surface area contributed by atoms with Gasteiger partial charge >= 0.3 is 0 Å². The van der Waals surface area contributed by atoms with Gasteiger partial charge in [0, 0.05) is 24.2 Å². The fraction of sp³-hybridized carbons (Fsp3) is 0.227. The van der Waals surface area contributed by atoms with Gasteiger partial charge in [-0.3, -0.25) is 9.59 Å². The van der Waals surface area contributed by atoms with E-state index in [0.717, 1.165) is 41.5 Å². The highest BCUT2D eigenvalue weighted by molar-refractivity contribution is 6.07. The summed E-state index contributed by atoms with van der Waals surface area (Å²) in [5, 5.41) is 3.77. The second-order valence-electron chi connectivity index (χ2n) is 7.52. The number of benzene rings is 2. The summed E-state index contributed by atoms with van der Waals surface area (Å²) in [4.78, 5) is 31.8. The molecule has 1 atom stereocenters. The third-order valence-corrected chi connectivity index (χ3v) is 5.91. The maximum absolute atomic E-state index is 12.9. The molecule has 6 heteroatoms. The van der Waals surface area contributed by atoms with Crippen molar-refractivity contribution in [1.82, 2.24) is 4.98 Å². The van der Waals surface area contributed by atoms with Crippen molar-refractivity contribution in [2.24, 2.45) is 5.73 Å². The normalized spacial score (nSPS) is 21.0. The molecule has 0 aliphatic carbocycles. The van der Waals surface area contributed by atoms with Gasteiger partial charge in [0.1, 0.15) is 5.82 Å². The van der Waals surface area contributed by atoms with Gasteiger partial charge in [-0.1, -0.05) is 36.4 Å². The van der Waals surface area contributed by atoms with Crippen molar-refractivity contribution in [3.63, 3.8) is 0 Å². The quantitative estimate of drug-likeness (QED) is 0.724. The number of carbonyl (C=O) groups is 2. The third kappa shape index (κ3) is 2.37. The Balaban J connectivity index is 1.60. The summed E-state index contributed by atoms with van der Waals surface area (Å²) >= 11 is 0. The molecule has 0 radical (unpaired) electrons. The molecular formula is C22H20N4O2. The Labute approximate surface area is 162 Å². The number of hydrogen-bond acceptors (Lipinski definition) is 4. The molecule has 0 saturated carbocycles. The lowest BCUT2D eigenvalue weighted by molar-refractivity contribution is -0.121. The maximum atomic E-state index is 12.9. The van der Waals surface area contributed by atoms with E-state index in [1.807, 2.05) is 48.5 Å². The molecule has 5 rings (SSSR count). The highest BCUT2D eigenvalue weighted by Gasteiger charge is 2.49. The van der Waals surface area contributed by atoms with Crippen molar-refractivity contribution in [1.29, 1.82) is 0 Å². The van der Waals surface area contributed by atoms with Crippen LogP contribution >= 0.6 is 0 Å². The zero-order valence-corrected chi connectivity index (χ0v) is 15.3. The molecule has 3 aromatic rings. The maximum Gasteiger partial charge on any atom is 0.249 e. The second-order valence-corrected chi connectivity index (χ2v) is 7.52. The first-order chi connectivity index (χ1) is 13.6. The Morgan fingerprint density at radius 2 is 1.93 bits per heavy atom. The number of rotatable bonds is 2. The van der Waals surface area contributed by atoms with Gasteiger partial charge in [0.25, 0.3) is 0 Å². The summed E-state index contributed by atoms with van der Waals surface area (Å²) in [6, 6.07) is 17.1. The van der Waals surface area contributed by atoms with Crippen LogP contribution in [-0.4, -0.2) is 29.9 Å². The second kappa shape index (κ2) is 6.05. The third-order valence-electron chi connectivity index (χ3n) is 5.91. The van der Waals surface area contributed by atoms with Crippen molar-refractivity contribution in [2.45, 2.75) is 18.3 Å². The molecule has 28 heavy (non-hydrogen) atoms. The minimum Gasteiger partial charge on any atom is -0.366 e. The standard InChI is InChI=1S/C22H20N4O2/c23-20(27)15-12-19(24-17-8-3-1-6-14(15)17)26-11-5-10-22(13-26)16-7-2-4-9-18(16)25-21(22)28/h1-4,6-9,12H,5,10-11,13H2,(H2,23,27)(H,25,28). The van der Waals surface area contributed by atoms with Crippen LogP contribution in [0.15, 0.2) is 54.6 Å². The minimum atomic E-state index is -0.588. The van der Waals surface area contributed by atoms with E-state index in [1.165, 1.54) is 0 Å². The average Bonchev–Trinajstić information content (AvgIpc) is 2.98. The van der Waals surface area contributed by atoms with E-state index in [0.29, 0.717) is 17.9 Å². The molecule has 0 bridgehead atoms.